The average Bonchev–Trinajstić information content (AvgIpc) is 2.56. The van der Waals surface area contributed by atoms with Gasteiger partial charge in [-0.25, -0.2) is 10.4 Å². The van der Waals surface area contributed by atoms with Gasteiger partial charge in [0.1, 0.15) is 11.5 Å². The lowest BCUT2D eigenvalue weighted by Crippen LogP contribution is -2.29. The third-order valence-electron chi connectivity index (χ3n) is 3.22. The van der Waals surface area contributed by atoms with Gasteiger partial charge in [-0.1, -0.05) is 6.07 Å². The van der Waals surface area contributed by atoms with Crippen LogP contribution in [-0.2, 0) is 0 Å². The number of hydrogen-bond donors (Lipinski definition) is 2. The zero-order valence-corrected chi connectivity index (χ0v) is 12.3. The molecule has 1 aromatic carbocycles. The monoisotopic (exact) mass is 289 g/mol. The van der Waals surface area contributed by atoms with E-state index in [1.54, 1.807) is 27.5 Å². The van der Waals surface area contributed by atoms with E-state index < -0.39 is 0 Å². The van der Waals surface area contributed by atoms with Crippen LogP contribution in [0.25, 0.3) is 0 Å². The van der Waals surface area contributed by atoms with E-state index in [2.05, 4.69) is 10.4 Å². The largest absolute Gasteiger partial charge is 0.497 e. The summed E-state index contributed by atoms with van der Waals surface area (Å²) in [5.41, 5.74) is 4.47. The number of pyridine rings is 1. The van der Waals surface area contributed by atoms with E-state index in [1.165, 1.54) is 0 Å². The van der Waals surface area contributed by atoms with E-state index in [0.29, 0.717) is 17.4 Å². The van der Waals surface area contributed by atoms with Gasteiger partial charge in [-0.3, -0.25) is 5.84 Å². The summed E-state index contributed by atoms with van der Waals surface area (Å²) < 4.78 is 15.9. The summed E-state index contributed by atoms with van der Waals surface area (Å²) in [5, 5.41) is 0. The van der Waals surface area contributed by atoms with Gasteiger partial charge in [0, 0.05) is 23.4 Å². The minimum atomic E-state index is -0.311. The van der Waals surface area contributed by atoms with Crippen molar-refractivity contribution in [2.75, 3.05) is 21.3 Å². The minimum absolute atomic E-state index is 0.311. The third kappa shape index (κ3) is 3.07. The van der Waals surface area contributed by atoms with Gasteiger partial charge >= 0.3 is 0 Å². The van der Waals surface area contributed by atoms with E-state index in [4.69, 9.17) is 20.1 Å². The van der Waals surface area contributed by atoms with Gasteiger partial charge < -0.3 is 14.2 Å². The first-order valence-electron chi connectivity index (χ1n) is 6.42. The van der Waals surface area contributed by atoms with E-state index in [0.717, 1.165) is 11.1 Å². The highest BCUT2D eigenvalue weighted by Crippen LogP contribution is 2.35. The van der Waals surface area contributed by atoms with Gasteiger partial charge in [0.15, 0.2) is 0 Å². The van der Waals surface area contributed by atoms with Crippen molar-refractivity contribution in [1.29, 1.82) is 0 Å². The second-order valence-corrected chi connectivity index (χ2v) is 4.31. The van der Waals surface area contributed by atoms with Crippen LogP contribution in [0.3, 0.4) is 0 Å². The molecule has 0 spiro atoms. The Balaban J connectivity index is 2.51. The molecule has 1 aromatic heterocycles. The van der Waals surface area contributed by atoms with Crippen molar-refractivity contribution in [1.82, 2.24) is 10.4 Å². The number of hydrogen-bond acceptors (Lipinski definition) is 6. The maximum atomic E-state index is 5.73. The number of nitrogens with two attached hydrogens (primary N) is 1. The molecule has 1 heterocycles. The Labute approximate surface area is 123 Å². The Bertz CT molecular complexity index is 604. The molecular formula is C15H19N3O3. The smallest absolute Gasteiger partial charge is 0.218 e. The molecular weight excluding hydrogens is 270 g/mol. The lowest BCUT2D eigenvalue weighted by Gasteiger charge is -2.21. The molecule has 0 bridgehead atoms. The quantitative estimate of drug-likeness (QED) is 0.622. The molecule has 0 fully saturated rings. The van der Waals surface area contributed by atoms with Gasteiger partial charge in [-0.2, -0.15) is 0 Å². The lowest BCUT2D eigenvalue weighted by molar-refractivity contribution is 0.378. The fraction of sp³-hybridized carbons (Fsp3) is 0.267. The van der Waals surface area contributed by atoms with Crippen LogP contribution in [-0.4, -0.2) is 26.3 Å². The molecule has 112 valence electrons. The predicted octanol–water partition coefficient (Wildman–Crippen LogP) is 1.66. The van der Waals surface area contributed by atoms with Crippen LogP contribution >= 0.6 is 0 Å². The second-order valence-electron chi connectivity index (χ2n) is 4.31. The standard InChI is InChI=1S/C15H19N3O3/c1-19-10-6-7-11(13(9-10)20-2)14(18-16)12-5-4-8-17-15(12)21-3/h4-9,14,18H,16H2,1-3H3. The Morgan fingerprint density at radius 1 is 1.05 bits per heavy atom. The fourth-order valence-electron chi connectivity index (χ4n) is 2.20. The maximum absolute atomic E-state index is 5.73. The van der Waals surface area contributed by atoms with Crippen molar-refractivity contribution < 1.29 is 14.2 Å². The second kappa shape index (κ2) is 6.92. The molecule has 0 saturated heterocycles. The minimum Gasteiger partial charge on any atom is -0.497 e. The van der Waals surface area contributed by atoms with E-state index >= 15 is 0 Å². The van der Waals surface area contributed by atoms with Gasteiger partial charge in [0.05, 0.1) is 27.4 Å². The summed E-state index contributed by atoms with van der Waals surface area (Å²) in [6.45, 7) is 0. The number of rotatable bonds is 6. The molecule has 3 N–H and O–H groups in total. The Kier molecular flexibility index (Phi) is 4.97. The van der Waals surface area contributed by atoms with Gasteiger partial charge in [-0.15, -0.1) is 0 Å². The normalized spacial score (nSPS) is 11.8. The van der Waals surface area contributed by atoms with Crippen LogP contribution in [0.2, 0.25) is 0 Å². The number of aromatic nitrogens is 1. The highest BCUT2D eigenvalue weighted by molar-refractivity contribution is 5.47. The van der Waals surface area contributed by atoms with Crippen LogP contribution in [0.5, 0.6) is 17.4 Å². The number of nitrogens with zero attached hydrogens (tertiary/aromatic N) is 1. The summed E-state index contributed by atoms with van der Waals surface area (Å²) in [6, 6.07) is 8.98. The molecule has 0 amide bonds. The average molecular weight is 289 g/mol. The Morgan fingerprint density at radius 3 is 2.48 bits per heavy atom. The number of nitrogens with one attached hydrogen (secondary N) is 1. The zero-order chi connectivity index (χ0) is 15.2. The van der Waals surface area contributed by atoms with E-state index in [9.17, 15) is 0 Å². The molecule has 0 aliphatic carbocycles. The molecule has 2 aromatic rings. The van der Waals surface area contributed by atoms with Gasteiger partial charge in [0.25, 0.3) is 0 Å². The van der Waals surface area contributed by atoms with E-state index in [-0.39, 0.29) is 6.04 Å². The van der Waals surface area contributed by atoms with Crippen LogP contribution in [0, 0.1) is 0 Å². The van der Waals surface area contributed by atoms with Crippen molar-refractivity contribution in [2.24, 2.45) is 5.84 Å². The molecule has 0 aliphatic heterocycles. The first-order chi connectivity index (χ1) is 10.2. The topological polar surface area (TPSA) is 78.6 Å². The van der Waals surface area contributed by atoms with Crippen molar-refractivity contribution in [3.05, 3.63) is 47.7 Å². The molecule has 0 aliphatic rings. The van der Waals surface area contributed by atoms with Crippen LogP contribution in [0.4, 0.5) is 0 Å². The summed E-state index contributed by atoms with van der Waals surface area (Å²) in [6.07, 6.45) is 1.67. The van der Waals surface area contributed by atoms with Gasteiger partial charge in [0.2, 0.25) is 5.88 Å². The molecule has 0 saturated carbocycles. The summed E-state index contributed by atoms with van der Waals surface area (Å²) >= 11 is 0. The zero-order valence-electron chi connectivity index (χ0n) is 12.3. The van der Waals surface area contributed by atoms with Crippen molar-refractivity contribution in [2.45, 2.75) is 6.04 Å². The Morgan fingerprint density at radius 2 is 1.86 bits per heavy atom. The number of methoxy groups -OCH3 is 3. The van der Waals surface area contributed by atoms with Crippen molar-refractivity contribution in [3.8, 4) is 17.4 Å². The van der Waals surface area contributed by atoms with Gasteiger partial charge in [-0.05, 0) is 18.2 Å². The van der Waals surface area contributed by atoms with Crippen molar-refractivity contribution in [3.63, 3.8) is 0 Å². The summed E-state index contributed by atoms with van der Waals surface area (Å²) in [5.74, 6) is 7.63. The maximum Gasteiger partial charge on any atom is 0.218 e. The summed E-state index contributed by atoms with van der Waals surface area (Å²) in [4.78, 5) is 4.20. The van der Waals surface area contributed by atoms with Crippen LogP contribution in [0.15, 0.2) is 36.5 Å². The molecule has 0 radical (unpaired) electrons. The molecule has 1 atom stereocenters. The highest BCUT2D eigenvalue weighted by Gasteiger charge is 2.21. The number of benzene rings is 1. The SMILES string of the molecule is COc1ccc(C(NN)c2cccnc2OC)c(OC)c1. The first-order valence-corrected chi connectivity index (χ1v) is 6.42. The van der Waals surface area contributed by atoms with E-state index in [1.807, 2.05) is 30.3 Å². The summed E-state index contributed by atoms with van der Waals surface area (Å²) in [7, 11) is 4.79. The number of hydrazine groups is 1. The molecule has 6 heteroatoms. The van der Waals surface area contributed by atoms with Crippen molar-refractivity contribution >= 4 is 0 Å². The molecule has 6 nitrogen and oxygen atoms in total. The first kappa shape index (κ1) is 15.1. The predicted molar refractivity (Wildman–Crippen MR) is 79.5 cm³/mol. The lowest BCUT2D eigenvalue weighted by atomic mass is 9.99. The highest BCUT2D eigenvalue weighted by atomic mass is 16.5. The van der Waals surface area contributed by atoms with Crippen LogP contribution < -0.4 is 25.5 Å². The third-order valence-corrected chi connectivity index (χ3v) is 3.22. The molecule has 1 unspecified atom stereocenters. The molecule has 21 heavy (non-hydrogen) atoms. The van der Waals surface area contributed by atoms with Crippen LogP contribution in [0.1, 0.15) is 17.2 Å². The number of ether oxygens (including phenoxy) is 3. The molecule has 2 rings (SSSR count). The fourth-order valence-corrected chi connectivity index (χ4v) is 2.20. The Hall–Kier alpha value is -2.31.